The lowest BCUT2D eigenvalue weighted by Crippen LogP contribution is -2.31. The molecule has 0 aliphatic carbocycles. The predicted molar refractivity (Wildman–Crippen MR) is 82.2 cm³/mol. The van der Waals surface area contributed by atoms with Crippen LogP contribution in [0.4, 0.5) is 11.4 Å². The van der Waals surface area contributed by atoms with Crippen molar-refractivity contribution in [3.05, 3.63) is 45.5 Å². The first-order valence-electron chi connectivity index (χ1n) is 6.96. The topological polar surface area (TPSA) is 70.2 Å². The highest BCUT2D eigenvalue weighted by Crippen LogP contribution is 2.33. The zero-order valence-corrected chi connectivity index (χ0v) is 12.6. The van der Waals surface area contributed by atoms with E-state index in [-0.39, 0.29) is 11.1 Å². The van der Waals surface area contributed by atoms with Crippen LogP contribution in [0.15, 0.2) is 29.8 Å². The summed E-state index contributed by atoms with van der Waals surface area (Å²) in [6, 6.07) is 6.54. The molecule has 0 saturated carbocycles. The van der Waals surface area contributed by atoms with Gasteiger partial charge in [-0.3, -0.25) is 10.1 Å². The summed E-state index contributed by atoms with van der Waals surface area (Å²) in [5, 5.41) is 20.0. The number of nitro groups is 1. The van der Waals surface area contributed by atoms with Crippen LogP contribution in [0, 0.1) is 26.9 Å². The Kier molecular flexibility index (Phi) is 3.99. The van der Waals surface area contributed by atoms with Gasteiger partial charge < -0.3 is 4.90 Å². The molecule has 110 valence electrons. The molecule has 5 heteroatoms. The second-order valence-corrected chi connectivity index (χ2v) is 6.25. The summed E-state index contributed by atoms with van der Waals surface area (Å²) >= 11 is 0. The van der Waals surface area contributed by atoms with Gasteiger partial charge in [-0.1, -0.05) is 32.4 Å². The number of nitrogens with zero attached hydrogens (tertiary/aromatic N) is 3. The van der Waals surface area contributed by atoms with Crippen LogP contribution in [-0.2, 0) is 0 Å². The normalized spacial score (nSPS) is 15.3. The van der Waals surface area contributed by atoms with Crippen LogP contribution < -0.4 is 4.90 Å². The Hall–Kier alpha value is -2.35. The number of hydrogen-bond acceptors (Lipinski definition) is 4. The van der Waals surface area contributed by atoms with Gasteiger partial charge in [0.15, 0.2) is 0 Å². The van der Waals surface area contributed by atoms with Crippen LogP contribution in [-0.4, -0.2) is 18.0 Å². The van der Waals surface area contributed by atoms with Crippen molar-refractivity contribution >= 4 is 11.4 Å². The van der Waals surface area contributed by atoms with Crippen LogP contribution in [0.3, 0.4) is 0 Å². The van der Waals surface area contributed by atoms with E-state index in [9.17, 15) is 15.4 Å². The number of hydrogen-bond donors (Lipinski definition) is 0. The first-order chi connectivity index (χ1) is 9.82. The minimum Gasteiger partial charge on any atom is -0.366 e. The van der Waals surface area contributed by atoms with E-state index in [1.54, 1.807) is 6.07 Å². The second kappa shape index (κ2) is 5.57. The van der Waals surface area contributed by atoms with E-state index in [0.29, 0.717) is 5.56 Å². The Labute approximate surface area is 124 Å². The van der Waals surface area contributed by atoms with Crippen molar-refractivity contribution in [3.63, 3.8) is 0 Å². The van der Waals surface area contributed by atoms with E-state index in [2.05, 4.69) is 37.8 Å². The van der Waals surface area contributed by atoms with Gasteiger partial charge in [0.25, 0.3) is 5.69 Å². The van der Waals surface area contributed by atoms with E-state index in [4.69, 9.17) is 0 Å². The highest BCUT2D eigenvalue weighted by atomic mass is 16.6. The molecule has 1 aliphatic heterocycles. The number of rotatable bonds is 2. The third kappa shape index (κ3) is 3.22. The number of anilines is 1. The molecule has 0 bridgehead atoms. The molecule has 0 N–H and O–H groups in total. The smallest absolute Gasteiger partial charge is 0.270 e. The first-order valence-corrected chi connectivity index (χ1v) is 6.96. The average molecular weight is 285 g/mol. The molecule has 0 spiro atoms. The van der Waals surface area contributed by atoms with Crippen LogP contribution in [0.25, 0.3) is 0 Å². The summed E-state index contributed by atoms with van der Waals surface area (Å²) in [4.78, 5) is 12.4. The van der Waals surface area contributed by atoms with Gasteiger partial charge in [-0.2, -0.15) is 5.26 Å². The predicted octanol–water partition coefficient (Wildman–Crippen LogP) is 3.65. The van der Waals surface area contributed by atoms with E-state index < -0.39 is 4.92 Å². The minimum absolute atomic E-state index is 0.0433. The van der Waals surface area contributed by atoms with Crippen molar-refractivity contribution in [2.24, 2.45) is 5.41 Å². The van der Waals surface area contributed by atoms with Gasteiger partial charge in [0.2, 0.25) is 0 Å². The zero-order chi connectivity index (χ0) is 15.6. The summed E-state index contributed by atoms with van der Waals surface area (Å²) in [5.41, 5.74) is 2.67. The van der Waals surface area contributed by atoms with E-state index in [1.807, 2.05) is 0 Å². The Bertz CT molecular complexity index is 636. The maximum Gasteiger partial charge on any atom is 0.270 e. The van der Waals surface area contributed by atoms with Crippen LogP contribution in [0.2, 0.25) is 0 Å². The molecular formula is C16H19N3O2. The lowest BCUT2D eigenvalue weighted by molar-refractivity contribution is -0.384. The van der Waals surface area contributed by atoms with Gasteiger partial charge >= 0.3 is 0 Å². The van der Waals surface area contributed by atoms with E-state index in [1.165, 1.54) is 17.7 Å². The fraction of sp³-hybridized carbons (Fsp3) is 0.438. The lowest BCUT2D eigenvalue weighted by Gasteiger charge is -2.33. The molecule has 0 aromatic heterocycles. The van der Waals surface area contributed by atoms with Gasteiger partial charge in [0.1, 0.15) is 6.07 Å². The number of nitro benzene ring substituents is 1. The quantitative estimate of drug-likeness (QED) is 0.472. The van der Waals surface area contributed by atoms with E-state index >= 15 is 0 Å². The van der Waals surface area contributed by atoms with Crippen LogP contribution in [0.1, 0.15) is 32.8 Å². The molecule has 0 amide bonds. The summed E-state index contributed by atoms with van der Waals surface area (Å²) < 4.78 is 0. The summed E-state index contributed by atoms with van der Waals surface area (Å²) in [5.74, 6) is 0. The monoisotopic (exact) mass is 285 g/mol. The molecule has 1 aromatic carbocycles. The van der Waals surface area contributed by atoms with Crippen molar-refractivity contribution in [2.75, 3.05) is 18.0 Å². The third-order valence-electron chi connectivity index (χ3n) is 3.82. The fourth-order valence-electron chi connectivity index (χ4n) is 2.57. The Morgan fingerprint density at radius 2 is 2.10 bits per heavy atom. The molecular weight excluding hydrogens is 266 g/mol. The Morgan fingerprint density at radius 1 is 1.38 bits per heavy atom. The maximum atomic E-state index is 10.8. The standard InChI is InChI=1S/C16H19N3O2/c1-16(2,3)13-6-8-18(9-7-13)15-5-4-14(19(20)21)10-12(15)11-17/h4-6,10H,7-9H2,1-3H3. The van der Waals surface area contributed by atoms with Crippen LogP contribution >= 0.6 is 0 Å². The first kappa shape index (κ1) is 15.0. The molecule has 1 heterocycles. The van der Waals surface area contributed by atoms with Gasteiger partial charge in [-0.15, -0.1) is 0 Å². The SMILES string of the molecule is CC(C)(C)C1=CCN(c2ccc([N+](=O)[O-])cc2C#N)CC1. The molecule has 0 atom stereocenters. The van der Waals surface area contributed by atoms with E-state index in [0.717, 1.165) is 25.2 Å². The van der Waals surface area contributed by atoms with Gasteiger partial charge in [0, 0.05) is 25.2 Å². The van der Waals surface area contributed by atoms with Gasteiger partial charge in [-0.05, 0) is 17.9 Å². The number of nitriles is 1. The molecule has 1 aliphatic rings. The van der Waals surface area contributed by atoms with Crippen LogP contribution in [0.5, 0.6) is 0 Å². The molecule has 5 nitrogen and oxygen atoms in total. The second-order valence-electron chi connectivity index (χ2n) is 6.25. The molecule has 1 aromatic rings. The van der Waals surface area contributed by atoms with Crippen molar-refractivity contribution in [3.8, 4) is 6.07 Å². The van der Waals surface area contributed by atoms with Crippen molar-refractivity contribution in [1.82, 2.24) is 0 Å². The molecule has 0 unspecified atom stereocenters. The molecule has 21 heavy (non-hydrogen) atoms. The van der Waals surface area contributed by atoms with Crippen molar-refractivity contribution in [2.45, 2.75) is 27.2 Å². The largest absolute Gasteiger partial charge is 0.366 e. The molecule has 0 saturated heterocycles. The summed E-state index contributed by atoms with van der Waals surface area (Å²) in [6.07, 6.45) is 3.15. The Balaban J connectivity index is 2.27. The summed E-state index contributed by atoms with van der Waals surface area (Å²) in [6.45, 7) is 8.15. The number of benzene rings is 1. The summed E-state index contributed by atoms with van der Waals surface area (Å²) in [7, 11) is 0. The maximum absolute atomic E-state index is 10.8. The highest BCUT2D eigenvalue weighted by Gasteiger charge is 2.23. The lowest BCUT2D eigenvalue weighted by atomic mass is 9.83. The third-order valence-corrected chi connectivity index (χ3v) is 3.82. The van der Waals surface area contributed by atoms with Gasteiger partial charge in [0.05, 0.1) is 16.2 Å². The minimum atomic E-state index is -0.474. The molecule has 2 rings (SSSR count). The number of non-ortho nitro benzene ring substituents is 1. The molecule has 0 fully saturated rings. The fourth-order valence-corrected chi connectivity index (χ4v) is 2.57. The zero-order valence-electron chi connectivity index (χ0n) is 12.6. The Morgan fingerprint density at radius 3 is 2.57 bits per heavy atom. The molecule has 0 radical (unpaired) electrons. The highest BCUT2D eigenvalue weighted by molar-refractivity contribution is 5.63. The average Bonchev–Trinajstić information content (AvgIpc) is 2.45. The van der Waals surface area contributed by atoms with Crippen molar-refractivity contribution in [1.29, 1.82) is 5.26 Å². The van der Waals surface area contributed by atoms with Crippen molar-refractivity contribution < 1.29 is 4.92 Å². The van der Waals surface area contributed by atoms with Gasteiger partial charge in [-0.25, -0.2) is 0 Å².